The van der Waals surface area contributed by atoms with E-state index in [1.165, 1.54) is 0 Å². The lowest BCUT2D eigenvalue weighted by atomic mass is 10.2. The van der Waals surface area contributed by atoms with Crippen LogP contribution in [0.25, 0.3) is 0 Å². The highest BCUT2D eigenvalue weighted by Crippen LogP contribution is 1.96. The topological polar surface area (TPSA) is 79.5 Å². The van der Waals surface area contributed by atoms with E-state index in [9.17, 15) is 9.59 Å². The largest absolute Gasteiger partial charge is 0.383 e. The fourth-order valence-corrected chi connectivity index (χ4v) is 1.37. The molecule has 3 amide bonds. The first-order valence-electron chi connectivity index (χ1n) is 6.08. The summed E-state index contributed by atoms with van der Waals surface area (Å²) in [5, 5.41) is 7.96. The predicted octanol–water partition coefficient (Wildman–Crippen LogP) is 0.362. The Morgan fingerprint density at radius 2 is 1.63 bits per heavy atom. The summed E-state index contributed by atoms with van der Waals surface area (Å²) in [6.07, 6.45) is 0. The Bertz CT molecular complexity index is 395. The lowest BCUT2D eigenvalue weighted by Gasteiger charge is -2.08. The summed E-state index contributed by atoms with van der Waals surface area (Å²) < 4.78 is 4.80. The number of nitrogens with one attached hydrogen (secondary N) is 3. The van der Waals surface area contributed by atoms with Crippen molar-refractivity contribution in [2.24, 2.45) is 0 Å². The molecule has 3 N–H and O–H groups in total. The summed E-state index contributed by atoms with van der Waals surface area (Å²) >= 11 is 0. The van der Waals surface area contributed by atoms with Gasteiger partial charge >= 0.3 is 6.03 Å². The van der Waals surface area contributed by atoms with Crippen LogP contribution < -0.4 is 16.0 Å². The van der Waals surface area contributed by atoms with E-state index < -0.39 is 0 Å². The summed E-state index contributed by atoms with van der Waals surface area (Å²) in [6, 6.07) is 8.65. The molecule has 104 valence electrons. The van der Waals surface area contributed by atoms with E-state index in [2.05, 4.69) is 16.0 Å². The number of urea groups is 1. The first-order valence-corrected chi connectivity index (χ1v) is 6.08. The molecule has 0 heterocycles. The number of hydrogen-bond acceptors (Lipinski definition) is 3. The molecule has 0 bridgehead atoms. The molecule has 0 aliphatic heterocycles. The monoisotopic (exact) mass is 265 g/mol. The normalized spacial score (nSPS) is 9.74. The van der Waals surface area contributed by atoms with Crippen molar-refractivity contribution in [3.8, 4) is 0 Å². The van der Waals surface area contributed by atoms with Crippen LogP contribution >= 0.6 is 0 Å². The van der Waals surface area contributed by atoms with Gasteiger partial charge in [0, 0.05) is 32.3 Å². The molecule has 0 aliphatic rings. The van der Waals surface area contributed by atoms with Gasteiger partial charge in [0.2, 0.25) is 0 Å². The second-order valence-electron chi connectivity index (χ2n) is 3.80. The van der Waals surface area contributed by atoms with Gasteiger partial charge in [-0.25, -0.2) is 4.79 Å². The Kier molecular flexibility index (Phi) is 7.04. The highest BCUT2D eigenvalue weighted by molar-refractivity contribution is 5.94. The zero-order chi connectivity index (χ0) is 13.9. The minimum atomic E-state index is -0.272. The van der Waals surface area contributed by atoms with Gasteiger partial charge in [0.05, 0.1) is 6.61 Å². The molecular weight excluding hydrogens is 246 g/mol. The third-order valence-electron chi connectivity index (χ3n) is 2.32. The number of carbonyl (C=O) groups excluding carboxylic acids is 2. The summed E-state index contributed by atoms with van der Waals surface area (Å²) in [6.45, 7) is 1.68. The van der Waals surface area contributed by atoms with E-state index in [0.717, 1.165) is 0 Å². The fourth-order valence-electron chi connectivity index (χ4n) is 1.37. The second kappa shape index (κ2) is 8.93. The van der Waals surface area contributed by atoms with Gasteiger partial charge in [0.1, 0.15) is 0 Å². The van der Waals surface area contributed by atoms with Gasteiger partial charge < -0.3 is 20.7 Å². The molecule has 0 atom stereocenters. The molecule has 0 radical (unpaired) electrons. The SMILES string of the molecule is COCCNC(=O)NCCNC(=O)c1ccccc1. The van der Waals surface area contributed by atoms with Crippen LogP contribution in [0.5, 0.6) is 0 Å². The maximum Gasteiger partial charge on any atom is 0.314 e. The maximum absolute atomic E-state index is 11.6. The van der Waals surface area contributed by atoms with Crippen molar-refractivity contribution < 1.29 is 14.3 Å². The van der Waals surface area contributed by atoms with E-state index in [1.807, 2.05) is 6.07 Å². The highest BCUT2D eigenvalue weighted by atomic mass is 16.5. The summed E-state index contributed by atoms with van der Waals surface area (Å²) in [5.74, 6) is -0.151. The first kappa shape index (κ1) is 15.0. The van der Waals surface area contributed by atoms with Gasteiger partial charge in [-0.3, -0.25) is 4.79 Å². The number of ether oxygens (including phenoxy) is 1. The van der Waals surface area contributed by atoms with Gasteiger partial charge in [-0.1, -0.05) is 18.2 Å². The number of hydrogen-bond donors (Lipinski definition) is 3. The minimum absolute atomic E-state index is 0.151. The van der Waals surface area contributed by atoms with Crippen LogP contribution in [0.2, 0.25) is 0 Å². The molecule has 1 aromatic carbocycles. The molecular formula is C13H19N3O3. The quantitative estimate of drug-likeness (QED) is 0.623. The third-order valence-corrected chi connectivity index (χ3v) is 2.32. The van der Waals surface area contributed by atoms with E-state index in [4.69, 9.17) is 4.74 Å². The van der Waals surface area contributed by atoms with Crippen molar-refractivity contribution in [3.05, 3.63) is 35.9 Å². The average Bonchev–Trinajstić information content (AvgIpc) is 2.44. The number of carbonyl (C=O) groups is 2. The Balaban J connectivity index is 2.11. The standard InChI is InChI=1S/C13H19N3O3/c1-19-10-9-16-13(18)15-8-7-14-12(17)11-5-3-2-4-6-11/h2-6H,7-10H2,1H3,(H,14,17)(H2,15,16,18). The van der Waals surface area contributed by atoms with Gasteiger partial charge in [-0.2, -0.15) is 0 Å². The summed E-state index contributed by atoms with van der Waals surface area (Å²) in [7, 11) is 1.57. The first-order chi connectivity index (χ1) is 9.24. The van der Waals surface area contributed by atoms with E-state index in [-0.39, 0.29) is 11.9 Å². The lowest BCUT2D eigenvalue weighted by Crippen LogP contribution is -2.41. The molecule has 19 heavy (non-hydrogen) atoms. The van der Waals surface area contributed by atoms with Crippen LogP contribution in [0.3, 0.4) is 0 Å². The maximum atomic E-state index is 11.6. The molecule has 0 unspecified atom stereocenters. The zero-order valence-electron chi connectivity index (χ0n) is 10.9. The molecule has 1 aromatic rings. The molecule has 1 rings (SSSR count). The van der Waals surface area contributed by atoms with Crippen molar-refractivity contribution in [2.75, 3.05) is 33.4 Å². The van der Waals surface area contributed by atoms with Crippen LogP contribution in [0.4, 0.5) is 4.79 Å². The van der Waals surface area contributed by atoms with Crippen molar-refractivity contribution in [3.63, 3.8) is 0 Å². The highest BCUT2D eigenvalue weighted by Gasteiger charge is 2.03. The van der Waals surface area contributed by atoms with E-state index in [0.29, 0.717) is 31.8 Å². The average molecular weight is 265 g/mol. The molecule has 0 saturated carbocycles. The van der Waals surface area contributed by atoms with Crippen molar-refractivity contribution >= 4 is 11.9 Å². The molecule has 6 nitrogen and oxygen atoms in total. The van der Waals surface area contributed by atoms with Gasteiger partial charge in [-0.05, 0) is 12.1 Å². The van der Waals surface area contributed by atoms with E-state index in [1.54, 1.807) is 31.4 Å². The molecule has 0 saturated heterocycles. The lowest BCUT2D eigenvalue weighted by molar-refractivity contribution is 0.0954. The predicted molar refractivity (Wildman–Crippen MR) is 72.1 cm³/mol. The molecule has 0 aromatic heterocycles. The van der Waals surface area contributed by atoms with Crippen molar-refractivity contribution in [2.45, 2.75) is 0 Å². The molecule has 0 fully saturated rings. The smallest absolute Gasteiger partial charge is 0.314 e. The minimum Gasteiger partial charge on any atom is -0.383 e. The van der Waals surface area contributed by atoms with Gasteiger partial charge in [0.15, 0.2) is 0 Å². The Hall–Kier alpha value is -2.08. The zero-order valence-corrected chi connectivity index (χ0v) is 10.9. The Morgan fingerprint density at radius 3 is 2.32 bits per heavy atom. The van der Waals surface area contributed by atoms with Crippen LogP contribution in [0.1, 0.15) is 10.4 Å². The molecule has 6 heteroatoms. The number of benzene rings is 1. The number of amides is 3. The summed E-state index contributed by atoms with van der Waals surface area (Å²) in [4.78, 5) is 22.9. The van der Waals surface area contributed by atoms with Gasteiger partial charge in [-0.15, -0.1) is 0 Å². The fraction of sp³-hybridized carbons (Fsp3) is 0.385. The number of rotatable bonds is 7. The molecule has 0 aliphatic carbocycles. The van der Waals surface area contributed by atoms with E-state index >= 15 is 0 Å². The number of methoxy groups -OCH3 is 1. The van der Waals surface area contributed by atoms with Crippen LogP contribution in [-0.4, -0.2) is 45.3 Å². The van der Waals surface area contributed by atoms with Crippen molar-refractivity contribution in [1.82, 2.24) is 16.0 Å². The van der Waals surface area contributed by atoms with Crippen LogP contribution in [0.15, 0.2) is 30.3 Å². The Morgan fingerprint density at radius 1 is 1.00 bits per heavy atom. The third kappa shape index (κ3) is 6.42. The van der Waals surface area contributed by atoms with Crippen molar-refractivity contribution in [1.29, 1.82) is 0 Å². The second-order valence-corrected chi connectivity index (χ2v) is 3.80. The van der Waals surface area contributed by atoms with Gasteiger partial charge in [0.25, 0.3) is 5.91 Å². The Labute approximate surface area is 112 Å². The van der Waals surface area contributed by atoms with Crippen LogP contribution in [0, 0.1) is 0 Å². The summed E-state index contributed by atoms with van der Waals surface area (Å²) in [5.41, 5.74) is 0.604. The molecule has 0 spiro atoms. The van der Waals surface area contributed by atoms with Crippen LogP contribution in [-0.2, 0) is 4.74 Å².